The molecular weight excluding hydrogens is 374 g/mol. The SMILES string of the molecule is Cc1cc(CC(=O)NNC(=O)Cc2ccc(OCc3c(C)noc3C)cc2)n[nH]1. The number of aromatic amines is 1. The highest BCUT2D eigenvalue weighted by Crippen LogP contribution is 2.18. The second-order valence-electron chi connectivity index (χ2n) is 6.73. The van der Waals surface area contributed by atoms with Crippen LogP contribution in [0.4, 0.5) is 0 Å². The van der Waals surface area contributed by atoms with Crippen molar-refractivity contribution in [3.05, 3.63) is 64.3 Å². The van der Waals surface area contributed by atoms with Gasteiger partial charge in [0.15, 0.2) is 0 Å². The van der Waals surface area contributed by atoms with Gasteiger partial charge in [-0.05, 0) is 44.5 Å². The summed E-state index contributed by atoms with van der Waals surface area (Å²) in [6.07, 6.45) is 0.216. The summed E-state index contributed by atoms with van der Waals surface area (Å²) >= 11 is 0. The van der Waals surface area contributed by atoms with Gasteiger partial charge in [-0.15, -0.1) is 0 Å². The second kappa shape index (κ2) is 9.05. The Morgan fingerprint density at radius 1 is 1.07 bits per heavy atom. The van der Waals surface area contributed by atoms with Gasteiger partial charge < -0.3 is 9.26 Å². The van der Waals surface area contributed by atoms with E-state index in [0.29, 0.717) is 18.1 Å². The minimum absolute atomic E-state index is 0.0851. The Morgan fingerprint density at radius 3 is 2.34 bits per heavy atom. The van der Waals surface area contributed by atoms with Crippen molar-refractivity contribution >= 4 is 11.8 Å². The molecule has 0 saturated carbocycles. The van der Waals surface area contributed by atoms with Crippen molar-refractivity contribution in [1.82, 2.24) is 26.2 Å². The maximum atomic E-state index is 12.0. The van der Waals surface area contributed by atoms with Gasteiger partial charge >= 0.3 is 0 Å². The van der Waals surface area contributed by atoms with E-state index in [4.69, 9.17) is 9.26 Å². The molecule has 0 aliphatic rings. The highest BCUT2D eigenvalue weighted by atomic mass is 16.5. The molecule has 0 bridgehead atoms. The maximum Gasteiger partial charge on any atom is 0.244 e. The van der Waals surface area contributed by atoms with Crippen molar-refractivity contribution in [2.75, 3.05) is 0 Å². The molecule has 0 spiro atoms. The van der Waals surface area contributed by atoms with Crippen molar-refractivity contribution in [3.8, 4) is 5.75 Å². The van der Waals surface area contributed by atoms with E-state index < -0.39 is 0 Å². The lowest BCUT2D eigenvalue weighted by Crippen LogP contribution is -2.43. The van der Waals surface area contributed by atoms with Crippen LogP contribution in [0.25, 0.3) is 0 Å². The van der Waals surface area contributed by atoms with Crippen molar-refractivity contribution in [3.63, 3.8) is 0 Å². The predicted octanol–water partition coefficient (Wildman–Crippen LogP) is 1.83. The fourth-order valence-electron chi connectivity index (χ4n) is 2.71. The number of nitrogens with one attached hydrogen (secondary N) is 3. The van der Waals surface area contributed by atoms with E-state index >= 15 is 0 Å². The molecule has 9 heteroatoms. The van der Waals surface area contributed by atoms with Gasteiger partial charge in [0.2, 0.25) is 11.8 Å². The summed E-state index contributed by atoms with van der Waals surface area (Å²) < 4.78 is 10.9. The number of rotatable bonds is 7. The van der Waals surface area contributed by atoms with Gasteiger partial charge in [-0.3, -0.25) is 25.5 Å². The number of aryl methyl sites for hydroxylation is 3. The zero-order valence-corrected chi connectivity index (χ0v) is 16.5. The predicted molar refractivity (Wildman–Crippen MR) is 104 cm³/mol. The van der Waals surface area contributed by atoms with Crippen LogP contribution in [0.5, 0.6) is 5.75 Å². The van der Waals surface area contributed by atoms with Gasteiger partial charge in [-0.1, -0.05) is 17.3 Å². The Labute approximate surface area is 167 Å². The molecule has 3 N–H and O–H groups in total. The lowest BCUT2D eigenvalue weighted by molar-refractivity contribution is -0.128. The standard InChI is InChI=1S/C20H23N5O4/c1-12-8-16(22-21-12)10-20(27)24-23-19(26)9-15-4-6-17(7-5-15)28-11-18-13(2)25-29-14(18)3/h4-8H,9-11H2,1-3H3,(H,21,22)(H,23,26)(H,24,27). The summed E-state index contributed by atoms with van der Waals surface area (Å²) in [5, 5.41) is 10.6. The third kappa shape index (κ3) is 5.68. The number of hydrazine groups is 1. The van der Waals surface area contributed by atoms with Crippen molar-refractivity contribution < 1.29 is 18.8 Å². The van der Waals surface area contributed by atoms with Gasteiger partial charge in [0.1, 0.15) is 18.1 Å². The molecule has 0 saturated heterocycles. The molecule has 29 heavy (non-hydrogen) atoms. The fraction of sp³-hybridized carbons (Fsp3) is 0.300. The van der Waals surface area contributed by atoms with Crippen molar-refractivity contribution in [2.24, 2.45) is 0 Å². The molecule has 2 amide bonds. The Bertz CT molecular complexity index is 971. The van der Waals surface area contributed by atoms with Crippen molar-refractivity contribution in [1.29, 1.82) is 0 Å². The number of hydrogen-bond acceptors (Lipinski definition) is 6. The Morgan fingerprint density at radius 2 is 1.76 bits per heavy atom. The first kappa shape index (κ1) is 20.1. The van der Waals surface area contributed by atoms with E-state index in [9.17, 15) is 9.59 Å². The zero-order valence-electron chi connectivity index (χ0n) is 16.5. The molecule has 3 aromatic rings. The average Bonchev–Trinajstić information content (AvgIpc) is 3.24. The van der Waals surface area contributed by atoms with Crippen LogP contribution in [0.2, 0.25) is 0 Å². The molecule has 0 aliphatic heterocycles. The van der Waals surface area contributed by atoms with Gasteiger partial charge in [0.25, 0.3) is 0 Å². The molecule has 2 heterocycles. The van der Waals surface area contributed by atoms with E-state index in [-0.39, 0.29) is 24.7 Å². The number of hydrogen-bond donors (Lipinski definition) is 3. The van der Waals surface area contributed by atoms with Gasteiger partial charge in [-0.25, -0.2) is 0 Å². The minimum Gasteiger partial charge on any atom is -0.489 e. The summed E-state index contributed by atoms with van der Waals surface area (Å²) in [7, 11) is 0. The van der Waals surface area contributed by atoms with Crippen molar-refractivity contribution in [2.45, 2.75) is 40.2 Å². The monoisotopic (exact) mass is 397 g/mol. The minimum atomic E-state index is -0.340. The molecule has 0 aliphatic carbocycles. The molecule has 0 atom stereocenters. The zero-order chi connectivity index (χ0) is 20.8. The molecule has 0 radical (unpaired) electrons. The molecule has 1 aromatic carbocycles. The molecular formula is C20H23N5O4. The lowest BCUT2D eigenvalue weighted by atomic mass is 10.1. The molecule has 3 rings (SSSR count). The summed E-state index contributed by atoms with van der Waals surface area (Å²) in [6.45, 7) is 5.92. The van der Waals surface area contributed by atoms with Gasteiger partial charge in [-0.2, -0.15) is 5.10 Å². The summed E-state index contributed by atoms with van der Waals surface area (Å²) in [4.78, 5) is 23.9. The van der Waals surface area contributed by atoms with Crippen LogP contribution in [0.15, 0.2) is 34.9 Å². The number of benzene rings is 1. The van der Waals surface area contributed by atoms with Crippen LogP contribution in [0.3, 0.4) is 0 Å². The first-order valence-electron chi connectivity index (χ1n) is 9.13. The lowest BCUT2D eigenvalue weighted by Gasteiger charge is -2.08. The van der Waals surface area contributed by atoms with E-state index in [1.54, 1.807) is 30.3 Å². The number of carbonyl (C=O) groups is 2. The van der Waals surface area contributed by atoms with Crippen LogP contribution in [-0.4, -0.2) is 27.2 Å². The topological polar surface area (TPSA) is 122 Å². The quantitative estimate of drug-likeness (QED) is 0.523. The highest BCUT2D eigenvalue weighted by Gasteiger charge is 2.11. The maximum absolute atomic E-state index is 12.0. The second-order valence-corrected chi connectivity index (χ2v) is 6.73. The van der Waals surface area contributed by atoms with Gasteiger partial charge in [0.05, 0.1) is 29.8 Å². The van der Waals surface area contributed by atoms with Gasteiger partial charge in [0, 0.05) is 5.69 Å². The summed E-state index contributed by atoms with van der Waals surface area (Å²) in [6, 6.07) is 8.96. The molecule has 152 valence electrons. The van der Waals surface area contributed by atoms with Crippen LogP contribution < -0.4 is 15.6 Å². The Balaban J connectivity index is 1.42. The number of H-pyrrole nitrogens is 1. The third-order valence-corrected chi connectivity index (χ3v) is 4.29. The average molecular weight is 397 g/mol. The molecule has 9 nitrogen and oxygen atoms in total. The smallest absolute Gasteiger partial charge is 0.244 e. The molecule has 2 aromatic heterocycles. The molecule has 0 unspecified atom stereocenters. The third-order valence-electron chi connectivity index (χ3n) is 4.29. The normalized spacial score (nSPS) is 10.6. The number of ether oxygens (including phenoxy) is 1. The van der Waals surface area contributed by atoms with E-state index in [0.717, 1.165) is 28.3 Å². The first-order chi connectivity index (χ1) is 13.9. The Kier molecular flexibility index (Phi) is 6.28. The van der Waals surface area contributed by atoms with E-state index in [1.807, 2.05) is 20.8 Å². The van der Waals surface area contributed by atoms with Crippen LogP contribution in [0, 0.1) is 20.8 Å². The van der Waals surface area contributed by atoms with Crippen LogP contribution >= 0.6 is 0 Å². The highest BCUT2D eigenvalue weighted by molar-refractivity contribution is 5.84. The van der Waals surface area contributed by atoms with E-state index in [1.165, 1.54) is 0 Å². The largest absolute Gasteiger partial charge is 0.489 e. The number of aromatic nitrogens is 3. The molecule has 0 fully saturated rings. The fourth-order valence-corrected chi connectivity index (χ4v) is 2.71. The van der Waals surface area contributed by atoms with Crippen LogP contribution in [0.1, 0.15) is 34.0 Å². The first-order valence-corrected chi connectivity index (χ1v) is 9.13. The summed E-state index contributed by atoms with van der Waals surface area (Å²) in [5.74, 6) is 0.755. The summed E-state index contributed by atoms with van der Waals surface area (Å²) in [5.41, 5.74) is 8.80. The Hall–Kier alpha value is -3.62. The number of carbonyl (C=O) groups excluding carboxylic acids is 2. The van der Waals surface area contributed by atoms with Crippen LogP contribution in [-0.2, 0) is 29.0 Å². The van der Waals surface area contributed by atoms with E-state index in [2.05, 4.69) is 26.2 Å². The number of nitrogens with zero attached hydrogens (tertiary/aromatic N) is 2. The number of amides is 2.